The third-order valence-electron chi connectivity index (χ3n) is 4.55. The van der Waals surface area contributed by atoms with E-state index in [0.29, 0.717) is 32.6 Å². The molecule has 1 heterocycles. The summed E-state index contributed by atoms with van der Waals surface area (Å²) in [6, 6.07) is 21.9. The average molecular weight is 449 g/mol. The molecule has 1 amide bonds. The SMILES string of the molecule is N#Cc1ccc(C(=O)NC(c2ccc(Cl)c(Cl)c2)c2nc(-c3ccccc3)no2)cc1. The van der Waals surface area contributed by atoms with Gasteiger partial charge in [0.1, 0.15) is 6.04 Å². The zero-order valence-electron chi connectivity index (χ0n) is 15.9. The van der Waals surface area contributed by atoms with Crippen LogP contribution in [-0.4, -0.2) is 16.0 Å². The molecule has 4 rings (SSSR count). The predicted octanol–water partition coefficient (Wildman–Crippen LogP) is 5.43. The first kappa shape index (κ1) is 20.6. The Morgan fingerprint density at radius 1 is 1.00 bits per heavy atom. The Kier molecular flexibility index (Phi) is 5.99. The molecular weight excluding hydrogens is 435 g/mol. The fourth-order valence-corrected chi connectivity index (χ4v) is 3.25. The van der Waals surface area contributed by atoms with Crippen LogP contribution < -0.4 is 5.32 Å². The number of carbonyl (C=O) groups excluding carboxylic acids is 1. The number of halogens is 2. The maximum absolute atomic E-state index is 12.9. The van der Waals surface area contributed by atoms with Crippen molar-refractivity contribution in [2.24, 2.45) is 0 Å². The number of hydrogen-bond acceptors (Lipinski definition) is 5. The highest BCUT2D eigenvalue weighted by Gasteiger charge is 2.25. The Labute approximate surface area is 188 Å². The fourth-order valence-electron chi connectivity index (χ4n) is 2.95. The van der Waals surface area contributed by atoms with E-state index < -0.39 is 6.04 Å². The van der Waals surface area contributed by atoms with Gasteiger partial charge in [0.2, 0.25) is 5.82 Å². The molecule has 0 radical (unpaired) electrons. The number of nitrogens with one attached hydrogen (secondary N) is 1. The van der Waals surface area contributed by atoms with Gasteiger partial charge in [0.15, 0.2) is 0 Å². The highest BCUT2D eigenvalue weighted by molar-refractivity contribution is 6.42. The molecule has 1 aromatic heterocycles. The summed E-state index contributed by atoms with van der Waals surface area (Å²) < 4.78 is 5.48. The van der Waals surface area contributed by atoms with Crippen LogP contribution in [0.1, 0.15) is 33.4 Å². The minimum Gasteiger partial charge on any atom is -0.336 e. The van der Waals surface area contributed by atoms with Crippen LogP contribution in [0.15, 0.2) is 77.3 Å². The summed E-state index contributed by atoms with van der Waals surface area (Å²) in [6.07, 6.45) is 0. The largest absolute Gasteiger partial charge is 0.336 e. The second-order valence-electron chi connectivity index (χ2n) is 6.59. The molecule has 152 valence electrons. The summed E-state index contributed by atoms with van der Waals surface area (Å²) in [5.74, 6) is 0.215. The van der Waals surface area contributed by atoms with Crippen molar-refractivity contribution in [1.29, 1.82) is 5.26 Å². The zero-order valence-corrected chi connectivity index (χ0v) is 17.4. The minimum atomic E-state index is -0.761. The summed E-state index contributed by atoms with van der Waals surface area (Å²) in [7, 11) is 0. The van der Waals surface area contributed by atoms with Crippen LogP contribution in [0.3, 0.4) is 0 Å². The molecule has 0 spiro atoms. The number of aromatic nitrogens is 2. The lowest BCUT2D eigenvalue weighted by Crippen LogP contribution is -2.29. The van der Waals surface area contributed by atoms with Gasteiger partial charge < -0.3 is 9.84 Å². The van der Waals surface area contributed by atoms with Crippen LogP contribution >= 0.6 is 23.2 Å². The smallest absolute Gasteiger partial charge is 0.254 e. The number of hydrogen-bond donors (Lipinski definition) is 1. The summed E-state index contributed by atoms with van der Waals surface area (Å²) in [5, 5.41) is 16.6. The van der Waals surface area contributed by atoms with Gasteiger partial charge in [-0.25, -0.2) is 0 Å². The molecule has 0 bridgehead atoms. The molecule has 0 aliphatic rings. The molecule has 1 unspecified atom stereocenters. The van der Waals surface area contributed by atoms with Crippen molar-refractivity contribution in [3.8, 4) is 17.5 Å². The molecule has 0 saturated carbocycles. The monoisotopic (exact) mass is 448 g/mol. The van der Waals surface area contributed by atoms with Gasteiger partial charge in [-0.1, -0.05) is 64.8 Å². The lowest BCUT2D eigenvalue weighted by Gasteiger charge is -2.16. The van der Waals surface area contributed by atoms with Gasteiger partial charge in [-0.15, -0.1) is 0 Å². The number of carbonyl (C=O) groups is 1. The van der Waals surface area contributed by atoms with Crippen molar-refractivity contribution in [3.05, 3.63) is 105 Å². The van der Waals surface area contributed by atoms with Crippen LogP contribution in [0.5, 0.6) is 0 Å². The Hall–Kier alpha value is -3.66. The molecule has 0 aliphatic carbocycles. The number of rotatable bonds is 5. The first-order valence-corrected chi connectivity index (χ1v) is 9.96. The number of nitrogens with zero attached hydrogens (tertiary/aromatic N) is 3. The maximum Gasteiger partial charge on any atom is 0.254 e. The Bertz CT molecular complexity index is 1260. The predicted molar refractivity (Wildman–Crippen MR) is 117 cm³/mol. The lowest BCUT2D eigenvalue weighted by atomic mass is 10.1. The van der Waals surface area contributed by atoms with Crippen LogP contribution in [-0.2, 0) is 0 Å². The van der Waals surface area contributed by atoms with E-state index in [4.69, 9.17) is 33.0 Å². The molecule has 1 atom stereocenters. The van der Waals surface area contributed by atoms with Gasteiger partial charge in [0.25, 0.3) is 11.8 Å². The molecule has 0 fully saturated rings. The Balaban J connectivity index is 1.69. The van der Waals surface area contributed by atoms with Crippen molar-refractivity contribution < 1.29 is 9.32 Å². The number of amides is 1. The standard InChI is InChI=1S/C23H14Cl2N4O2/c24-18-11-10-17(12-19(18)25)20(27-22(30)16-8-6-14(13-26)7-9-16)23-28-21(29-31-23)15-4-2-1-3-5-15/h1-12,20H,(H,27,30). The van der Waals surface area contributed by atoms with Crippen molar-refractivity contribution >= 4 is 29.1 Å². The second-order valence-corrected chi connectivity index (χ2v) is 7.41. The van der Waals surface area contributed by atoms with Crippen molar-refractivity contribution in [3.63, 3.8) is 0 Å². The summed E-state index contributed by atoms with van der Waals surface area (Å²) in [6.45, 7) is 0. The van der Waals surface area contributed by atoms with E-state index in [1.165, 1.54) is 0 Å². The summed E-state index contributed by atoms with van der Waals surface area (Å²) in [5.41, 5.74) is 2.25. The maximum atomic E-state index is 12.9. The molecule has 31 heavy (non-hydrogen) atoms. The van der Waals surface area contributed by atoms with Gasteiger partial charge in [-0.2, -0.15) is 10.2 Å². The van der Waals surface area contributed by atoms with E-state index in [9.17, 15) is 4.79 Å². The first-order chi connectivity index (χ1) is 15.0. The molecule has 0 saturated heterocycles. The average Bonchev–Trinajstić information content (AvgIpc) is 3.30. The van der Waals surface area contributed by atoms with E-state index in [0.717, 1.165) is 5.56 Å². The van der Waals surface area contributed by atoms with Crippen LogP contribution in [0.25, 0.3) is 11.4 Å². The Morgan fingerprint density at radius 2 is 1.74 bits per heavy atom. The third-order valence-corrected chi connectivity index (χ3v) is 5.29. The topological polar surface area (TPSA) is 91.8 Å². The third kappa shape index (κ3) is 4.58. The van der Waals surface area contributed by atoms with Crippen molar-refractivity contribution in [2.75, 3.05) is 0 Å². The van der Waals surface area contributed by atoms with E-state index in [-0.39, 0.29) is 11.8 Å². The van der Waals surface area contributed by atoms with Gasteiger partial charge in [-0.05, 0) is 42.0 Å². The van der Waals surface area contributed by atoms with E-state index in [1.807, 2.05) is 36.4 Å². The number of benzene rings is 3. The van der Waals surface area contributed by atoms with E-state index in [1.54, 1.807) is 42.5 Å². The van der Waals surface area contributed by atoms with Gasteiger partial charge in [-0.3, -0.25) is 4.79 Å². The van der Waals surface area contributed by atoms with Gasteiger partial charge >= 0.3 is 0 Å². The fraction of sp³-hybridized carbons (Fsp3) is 0.0435. The zero-order chi connectivity index (χ0) is 21.8. The lowest BCUT2D eigenvalue weighted by molar-refractivity contribution is 0.0936. The second kappa shape index (κ2) is 9.00. The molecule has 1 N–H and O–H groups in total. The molecular formula is C23H14Cl2N4O2. The van der Waals surface area contributed by atoms with Crippen LogP contribution in [0.4, 0.5) is 0 Å². The quantitative estimate of drug-likeness (QED) is 0.439. The van der Waals surface area contributed by atoms with Crippen molar-refractivity contribution in [1.82, 2.24) is 15.5 Å². The van der Waals surface area contributed by atoms with Gasteiger partial charge in [0, 0.05) is 11.1 Å². The molecule has 4 aromatic rings. The van der Waals surface area contributed by atoms with Gasteiger partial charge in [0.05, 0.1) is 21.7 Å². The highest BCUT2D eigenvalue weighted by atomic mass is 35.5. The van der Waals surface area contributed by atoms with Crippen molar-refractivity contribution in [2.45, 2.75) is 6.04 Å². The van der Waals surface area contributed by atoms with E-state index in [2.05, 4.69) is 15.5 Å². The first-order valence-electron chi connectivity index (χ1n) is 9.20. The van der Waals surface area contributed by atoms with Crippen LogP contribution in [0.2, 0.25) is 10.0 Å². The highest BCUT2D eigenvalue weighted by Crippen LogP contribution is 2.29. The molecule has 8 heteroatoms. The summed E-state index contributed by atoms with van der Waals surface area (Å²) >= 11 is 12.2. The normalized spacial score (nSPS) is 11.5. The summed E-state index contributed by atoms with van der Waals surface area (Å²) in [4.78, 5) is 17.4. The Morgan fingerprint density at radius 3 is 2.42 bits per heavy atom. The number of nitriles is 1. The van der Waals surface area contributed by atoms with E-state index >= 15 is 0 Å². The molecule has 0 aliphatic heterocycles. The minimum absolute atomic E-state index is 0.194. The molecule has 3 aromatic carbocycles. The molecule has 6 nitrogen and oxygen atoms in total. The van der Waals surface area contributed by atoms with Crippen LogP contribution in [0, 0.1) is 11.3 Å².